The molecule has 0 aliphatic heterocycles. The van der Waals surface area contributed by atoms with Crippen LogP contribution in [0.1, 0.15) is 131 Å². The predicted octanol–water partition coefficient (Wildman–Crippen LogP) is 9.57. The zero-order chi connectivity index (χ0) is 24.9. The van der Waals surface area contributed by atoms with Gasteiger partial charge in [-0.1, -0.05) is 54.4 Å². The molecule has 1 nitrogen and oxygen atoms in total. The Morgan fingerprint density at radius 3 is 2.06 bits per heavy atom. The van der Waals surface area contributed by atoms with Crippen LogP contribution in [-0.4, -0.2) is 17.4 Å². The van der Waals surface area contributed by atoms with Gasteiger partial charge in [0.15, 0.2) is 0 Å². The van der Waals surface area contributed by atoms with E-state index in [0.29, 0.717) is 23.2 Å². The van der Waals surface area contributed by atoms with Crippen LogP contribution < -0.4 is 0 Å². The quantitative estimate of drug-likeness (QED) is 0.393. The van der Waals surface area contributed by atoms with E-state index in [-0.39, 0.29) is 6.10 Å². The van der Waals surface area contributed by atoms with Crippen LogP contribution in [0, 0.1) is 40.4 Å². The fourth-order valence-electron chi connectivity index (χ4n) is 8.71. The standard InChI is InChI=1S/C25H41F3O.2C2H6/c1-23-15-12-22-20(9-7-18-16-19(29)11-14-24(18,22)2)21(23)10-8-17(23)6-4-3-5-13-25(26,27)28;2*1-2/h17-22,29H,3-16H2,1-2H3;2*1-2H3/t17-,18?,19-,20-,21?,22?,23?,24?;;/m0../s1. The smallest absolute Gasteiger partial charge is 0.389 e. The molecule has 0 heterocycles. The van der Waals surface area contributed by atoms with Crippen molar-refractivity contribution in [1.29, 1.82) is 0 Å². The van der Waals surface area contributed by atoms with E-state index in [1.54, 1.807) is 0 Å². The molecule has 0 spiro atoms. The van der Waals surface area contributed by atoms with Crippen molar-refractivity contribution in [3.05, 3.63) is 0 Å². The van der Waals surface area contributed by atoms with Crippen LogP contribution in [0.3, 0.4) is 0 Å². The maximum atomic E-state index is 12.4. The molecule has 8 atom stereocenters. The molecule has 196 valence electrons. The summed E-state index contributed by atoms with van der Waals surface area (Å²) in [5, 5.41) is 10.2. The van der Waals surface area contributed by atoms with Crippen molar-refractivity contribution in [3.8, 4) is 0 Å². The highest BCUT2D eigenvalue weighted by molar-refractivity contribution is 5.09. The second-order valence-corrected chi connectivity index (χ2v) is 11.6. The zero-order valence-corrected chi connectivity index (χ0v) is 22.4. The third kappa shape index (κ3) is 6.31. The summed E-state index contributed by atoms with van der Waals surface area (Å²) < 4.78 is 37.1. The lowest BCUT2D eigenvalue weighted by molar-refractivity contribution is -0.135. The van der Waals surface area contributed by atoms with Crippen molar-refractivity contribution < 1.29 is 18.3 Å². The van der Waals surface area contributed by atoms with E-state index in [1.807, 2.05) is 27.7 Å². The maximum Gasteiger partial charge on any atom is 0.389 e. The Balaban J connectivity index is 0.000000914. The third-order valence-electron chi connectivity index (χ3n) is 10.3. The summed E-state index contributed by atoms with van der Waals surface area (Å²) in [6.07, 6.45) is 9.57. The van der Waals surface area contributed by atoms with Crippen molar-refractivity contribution in [2.24, 2.45) is 40.4 Å². The minimum absolute atomic E-state index is 0.0771. The highest BCUT2D eigenvalue weighted by atomic mass is 19.4. The molecule has 4 saturated carbocycles. The van der Waals surface area contributed by atoms with Crippen LogP contribution in [0.5, 0.6) is 0 Å². The van der Waals surface area contributed by atoms with Gasteiger partial charge in [-0.25, -0.2) is 0 Å². The van der Waals surface area contributed by atoms with Crippen LogP contribution in [0.25, 0.3) is 0 Å². The van der Waals surface area contributed by atoms with Crippen molar-refractivity contribution in [3.63, 3.8) is 0 Å². The van der Waals surface area contributed by atoms with E-state index in [1.165, 1.54) is 44.9 Å². The van der Waals surface area contributed by atoms with E-state index in [2.05, 4.69) is 13.8 Å². The summed E-state index contributed by atoms with van der Waals surface area (Å²) in [5.74, 6) is 3.93. The molecule has 1 N–H and O–H groups in total. The van der Waals surface area contributed by atoms with Crippen LogP contribution in [0.2, 0.25) is 0 Å². The molecule has 4 aliphatic carbocycles. The van der Waals surface area contributed by atoms with Gasteiger partial charge in [0.1, 0.15) is 0 Å². The van der Waals surface area contributed by atoms with E-state index < -0.39 is 12.6 Å². The fraction of sp³-hybridized carbons (Fsp3) is 1.00. The number of aliphatic hydroxyl groups is 1. The number of unbranched alkanes of at least 4 members (excludes halogenated alkanes) is 2. The molecule has 33 heavy (non-hydrogen) atoms. The molecule has 0 bridgehead atoms. The lowest BCUT2D eigenvalue weighted by atomic mass is 9.44. The number of hydrogen-bond donors (Lipinski definition) is 1. The van der Waals surface area contributed by atoms with Gasteiger partial charge in [-0.3, -0.25) is 0 Å². The lowest BCUT2D eigenvalue weighted by Crippen LogP contribution is -2.53. The minimum atomic E-state index is -3.99. The number of alkyl halides is 3. The second kappa shape index (κ2) is 12.1. The molecular weight excluding hydrogens is 421 g/mol. The van der Waals surface area contributed by atoms with Crippen molar-refractivity contribution in [2.45, 2.75) is 144 Å². The number of aliphatic hydroxyl groups excluding tert-OH is 1. The second-order valence-electron chi connectivity index (χ2n) is 11.6. The van der Waals surface area contributed by atoms with Gasteiger partial charge in [0.2, 0.25) is 0 Å². The maximum absolute atomic E-state index is 12.4. The highest BCUT2D eigenvalue weighted by Gasteiger charge is 2.59. The van der Waals surface area contributed by atoms with Crippen LogP contribution >= 0.6 is 0 Å². The van der Waals surface area contributed by atoms with Crippen molar-refractivity contribution >= 4 is 0 Å². The number of rotatable bonds is 5. The van der Waals surface area contributed by atoms with Gasteiger partial charge in [0.05, 0.1) is 6.10 Å². The van der Waals surface area contributed by atoms with Gasteiger partial charge in [-0.15, -0.1) is 0 Å². The fourth-order valence-corrected chi connectivity index (χ4v) is 8.71. The summed E-state index contributed by atoms with van der Waals surface area (Å²) >= 11 is 0. The molecule has 0 saturated heterocycles. The summed E-state index contributed by atoms with van der Waals surface area (Å²) in [6, 6.07) is 0. The average Bonchev–Trinajstić information content (AvgIpc) is 3.12. The molecule has 0 amide bonds. The predicted molar refractivity (Wildman–Crippen MR) is 133 cm³/mol. The lowest BCUT2D eigenvalue weighted by Gasteiger charge is -2.61. The molecule has 4 rings (SSSR count). The molecule has 0 aromatic heterocycles. The van der Waals surface area contributed by atoms with Crippen molar-refractivity contribution in [1.82, 2.24) is 0 Å². The van der Waals surface area contributed by atoms with Crippen LogP contribution in [0.4, 0.5) is 13.2 Å². The van der Waals surface area contributed by atoms with E-state index >= 15 is 0 Å². The first-order valence-corrected chi connectivity index (χ1v) is 14.4. The number of fused-ring (bicyclic) bond motifs is 5. The summed E-state index contributed by atoms with van der Waals surface area (Å²) in [6.45, 7) is 13.1. The van der Waals surface area contributed by atoms with Gasteiger partial charge in [-0.05, 0) is 111 Å². The minimum Gasteiger partial charge on any atom is -0.393 e. The molecular formula is C29H53F3O. The van der Waals surface area contributed by atoms with E-state index in [4.69, 9.17) is 0 Å². The zero-order valence-electron chi connectivity index (χ0n) is 22.4. The SMILES string of the molecule is CC.CC.CC12CC[C@H](O)CC1CC[C@@H]1C2CCC2(C)C1CC[C@@H]2CCCCCC(F)(F)F. The Bertz CT molecular complexity index is 576. The van der Waals surface area contributed by atoms with Crippen molar-refractivity contribution in [2.75, 3.05) is 0 Å². The molecule has 0 radical (unpaired) electrons. The monoisotopic (exact) mass is 474 g/mol. The first-order chi connectivity index (χ1) is 15.6. The Hall–Kier alpha value is -0.250. The largest absolute Gasteiger partial charge is 0.393 e. The van der Waals surface area contributed by atoms with Crippen LogP contribution in [0.15, 0.2) is 0 Å². The van der Waals surface area contributed by atoms with E-state index in [0.717, 1.165) is 55.8 Å². The molecule has 4 fully saturated rings. The first-order valence-electron chi connectivity index (χ1n) is 14.4. The summed E-state index contributed by atoms with van der Waals surface area (Å²) in [4.78, 5) is 0. The Labute approximate surface area is 202 Å². The summed E-state index contributed by atoms with van der Waals surface area (Å²) in [7, 11) is 0. The van der Waals surface area contributed by atoms with Gasteiger partial charge in [-0.2, -0.15) is 13.2 Å². The van der Waals surface area contributed by atoms with Gasteiger partial charge in [0, 0.05) is 6.42 Å². The summed E-state index contributed by atoms with van der Waals surface area (Å²) in [5.41, 5.74) is 0.849. The topological polar surface area (TPSA) is 20.2 Å². The number of hydrogen-bond acceptors (Lipinski definition) is 1. The van der Waals surface area contributed by atoms with Gasteiger partial charge in [0.25, 0.3) is 0 Å². The Kier molecular flexibility index (Phi) is 10.7. The third-order valence-corrected chi connectivity index (χ3v) is 10.3. The molecule has 0 aromatic rings. The molecule has 0 aromatic carbocycles. The normalized spacial score (nSPS) is 42.0. The van der Waals surface area contributed by atoms with E-state index in [9.17, 15) is 18.3 Å². The van der Waals surface area contributed by atoms with Gasteiger partial charge < -0.3 is 5.11 Å². The molecule has 5 unspecified atom stereocenters. The Morgan fingerprint density at radius 2 is 1.39 bits per heavy atom. The van der Waals surface area contributed by atoms with Gasteiger partial charge >= 0.3 is 6.18 Å². The molecule has 4 aliphatic rings. The first kappa shape index (κ1) is 29.0. The Morgan fingerprint density at radius 1 is 0.758 bits per heavy atom. The number of halogens is 3. The molecule has 4 heteroatoms. The van der Waals surface area contributed by atoms with Crippen LogP contribution in [-0.2, 0) is 0 Å². The average molecular weight is 475 g/mol. The highest BCUT2D eigenvalue weighted by Crippen LogP contribution is 2.67.